The molecule has 0 fully saturated rings. The van der Waals surface area contributed by atoms with Crippen LogP contribution >= 0.6 is 23.7 Å². The maximum Gasteiger partial charge on any atom is 0.227 e. The smallest absolute Gasteiger partial charge is 0.227 e. The number of amides is 1. The largest absolute Gasteiger partial charge is 0.352 e. The number of hydrogen-bond donors (Lipinski definition) is 2. The van der Waals surface area contributed by atoms with E-state index in [9.17, 15) is 4.79 Å². The van der Waals surface area contributed by atoms with Crippen molar-refractivity contribution < 1.29 is 9.32 Å². The lowest BCUT2D eigenvalue weighted by Crippen LogP contribution is -2.29. The summed E-state index contributed by atoms with van der Waals surface area (Å²) < 4.78 is 5.18. The SMILES string of the molecule is Cl.O=C(CCc1nc(-c2cccs2)no1)NCC1=CCNCC1. The number of carbonyl (C=O) groups is 1. The van der Waals surface area contributed by atoms with Crippen molar-refractivity contribution in [3.05, 3.63) is 35.1 Å². The van der Waals surface area contributed by atoms with E-state index in [2.05, 4.69) is 26.9 Å². The second kappa shape index (κ2) is 8.81. The molecular formula is C15H19ClN4O2S. The Balaban J connectivity index is 0.00000192. The summed E-state index contributed by atoms with van der Waals surface area (Å²) in [6.07, 6.45) is 3.95. The minimum Gasteiger partial charge on any atom is -0.352 e. The van der Waals surface area contributed by atoms with Gasteiger partial charge in [-0.1, -0.05) is 22.9 Å². The van der Waals surface area contributed by atoms with Crippen molar-refractivity contribution in [3.8, 4) is 10.7 Å². The average Bonchev–Trinajstić information content (AvgIpc) is 3.22. The molecule has 0 unspecified atom stereocenters. The normalized spacial score (nSPS) is 14.0. The van der Waals surface area contributed by atoms with Crippen molar-refractivity contribution in [2.45, 2.75) is 19.3 Å². The van der Waals surface area contributed by atoms with Gasteiger partial charge in [0, 0.05) is 25.9 Å². The fraction of sp³-hybridized carbons (Fsp3) is 0.400. The first kappa shape index (κ1) is 17.7. The molecule has 0 aromatic carbocycles. The Bertz CT molecular complexity index is 654. The van der Waals surface area contributed by atoms with Crippen LogP contribution in [0.15, 0.2) is 33.7 Å². The van der Waals surface area contributed by atoms with Crippen molar-refractivity contribution in [1.29, 1.82) is 0 Å². The summed E-state index contributed by atoms with van der Waals surface area (Å²) in [5, 5.41) is 12.1. The summed E-state index contributed by atoms with van der Waals surface area (Å²) in [6.45, 7) is 2.50. The summed E-state index contributed by atoms with van der Waals surface area (Å²) in [5.74, 6) is 1.10. The Kier molecular flexibility index (Phi) is 6.76. The molecule has 0 aliphatic carbocycles. The highest BCUT2D eigenvalue weighted by Crippen LogP contribution is 2.21. The second-order valence-corrected chi connectivity index (χ2v) is 6.03. The number of aryl methyl sites for hydroxylation is 1. The summed E-state index contributed by atoms with van der Waals surface area (Å²) in [7, 11) is 0. The third-order valence-electron chi connectivity index (χ3n) is 3.45. The van der Waals surface area contributed by atoms with Crippen LogP contribution in [0.2, 0.25) is 0 Å². The number of nitrogens with zero attached hydrogens (tertiary/aromatic N) is 2. The molecule has 0 atom stereocenters. The number of rotatable bonds is 6. The minimum absolute atomic E-state index is 0. The van der Waals surface area contributed by atoms with Crippen molar-refractivity contribution in [2.75, 3.05) is 19.6 Å². The van der Waals surface area contributed by atoms with E-state index in [0.29, 0.717) is 31.1 Å². The Hall–Kier alpha value is -1.70. The standard InChI is InChI=1S/C15H18N4O2S.ClH/c20-13(17-10-11-5-7-16-8-6-11)3-4-14-18-15(19-21-14)12-2-1-9-22-12;/h1-2,5,9,16H,3-4,6-8,10H2,(H,17,20);1H. The molecule has 6 nitrogen and oxygen atoms in total. The van der Waals surface area contributed by atoms with E-state index in [0.717, 1.165) is 24.4 Å². The molecule has 3 rings (SSSR count). The predicted molar refractivity (Wildman–Crippen MR) is 91.8 cm³/mol. The van der Waals surface area contributed by atoms with Gasteiger partial charge in [0.2, 0.25) is 17.6 Å². The summed E-state index contributed by atoms with van der Waals surface area (Å²) in [6, 6.07) is 3.89. The van der Waals surface area contributed by atoms with Gasteiger partial charge < -0.3 is 15.2 Å². The van der Waals surface area contributed by atoms with E-state index in [1.165, 1.54) is 5.57 Å². The first-order valence-electron chi connectivity index (χ1n) is 7.33. The van der Waals surface area contributed by atoms with E-state index >= 15 is 0 Å². The number of aromatic nitrogens is 2. The van der Waals surface area contributed by atoms with Crippen LogP contribution in [0.5, 0.6) is 0 Å². The second-order valence-electron chi connectivity index (χ2n) is 5.08. The van der Waals surface area contributed by atoms with E-state index in [-0.39, 0.29) is 18.3 Å². The van der Waals surface area contributed by atoms with Gasteiger partial charge in [-0.05, 0) is 24.4 Å². The molecule has 0 saturated heterocycles. The molecule has 23 heavy (non-hydrogen) atoms. The molecule has 0 radical (unpaired) electrons. The summed E-state index contributed by atoms with van der Waals surface area (Å²) in [4.78, 5) is 17.1. The summed E-state index contributed by atoms with van der Waals surface area (Å²) >= 11 is 1.56. The van der Waals surface area contributed by atoms with Gasteiger partial charge in [-0.15, -0.1) is 23.7 Å². The van der Waals surface area contributed by atoms with Crippen LogP contribution in [0.4, 0.5) is 0 Å². The molecule has 0 spiro atoms. The van der Waals surface area contributed by atoms with E-state index in [4.69, 9.17) is 4.52 Å². The van der Waals surface area contributed by atoms with Crippen molar-refractivity contribution in [3.63, 3.8) is 0 Å². The van der Waals surface area contributed by atoms with Gasteiger partial charge in [0.05, 0.1) is 4.88 Å². The monoisotopic (exact) mass is 354 g/mol. The molecule has 0 saturated carbocycles. The van der Waals surface area contributed by atoms with Gasteiger partial charge in [-0.3, -0.25) is 4.79 Å². The summed E-state index contributed by atoms with van der Waals surface area (Å²) in [5.41, 5.74) is 1.28. The number of carbonyl (C=O) groups excluding carboxylic acids is 1. The molecule has 2 N–H and O–H groups in total. The number of halogens is 1. The maximum absolute atomic E-state index is 11.9. The van der Waals surface area contributed by atoms with Crippen LogP contribution in [-0.2, 0) is 11.2 Å². The fourth-order valence-corrected chi connectivity index (χ4v) is 2.86. The molecule has 1 aliphatic heterocycles. The lowest BCUT2D eigenvalue weighted by molar-refractivity contribution is -0.121. The highest BCUT2D eigenvalue weighted by Gasteiger charge is 2.11. The third-order valence-corrected chi connectivity index (χ3v) is 4.31. The van der Waals surface area contributed by atoms with E-state index in [1.54, 1.807) is 11.3 Å². The van der Waals surface area contributed by atoms with Gasteiger partial charge in [0.25, 0.3) is 0 Å². The molecule has 1 aliphatic rings. The first-order chi connectivity index (χ1) is 10.8. The topological polar surface area (TPSA) is 80.0 Å². The Morgan fingerprint density at radius 1 is 1.48 bits per heavy atom. The molecule has 2 aromatic heterocycles. The molecule has 124 valence electrons. The molecule has 1 amide bonds. The van der Waals surface area contributed by atoms with Crippen molar-refractivity contribution >= 4 is 29.7 Å². The number of thiophene rings is 1. The number of hydrogen-bond acceptors (Lipinski definition) is 6. The van der Waals surface area contributed by atoms with Crippen LogP contribution in [0, 0.1) is 0 Å². The van der Waals surface area contributed by atoms with Gasteiger partial charge >= 0.3 is 0 Å². The van der Waals surface area contributed by atoms with Crippen LogP contribution in [0.25, 0.3) is 10.7 Å². The van der Waals surface area contributed by atoms with E-state index in [1.807, 2.05) is 17.5 Å². The zero-order chi connectivity index (χ0) is 15.2. The molecule has 0 bridgehead atoms. The zero-order valence-electron chi connectivity index (χ0n) is 12.6. The van der Waals surface area contributed by atoms with Gasteiger partial charge in [-0.25, -0.2) is 0 Å². The first-order valence-corrected chi connectivity index (χ1v) is 8.21. The highest BCUT2D eigenvalue weighted by molar-refractivity contribution is 7.13. The Morgan fingerprint density at radius 2 is 2.39 bits per heavy atom. The predicted octanol–water partition coefficient (Wildman–Crippen LogP) is 2.19. The van der Waals surface area contributed by atoms with Crippen molar-refractivity contribution in [2.24, 2.45) is 0 Å². The van der Waals surface area contributed by atoms with Crippen LogP contribution in [-0.4, -0.2) is 35.7 Å². The third kappa shape index (κ3) is 5.16. The van der Waals surface area contributed by atoms with Gasteiger partial charge in [0.15, 0.2) is 0 Å². The lowest BCUT2D eigenvalue weighted by atomic mass is 10.1. The van der Waals surface area contributed by atoms with Crippen LogP contribution in [0.1, 0.15) is 18.7 Å². The molecule has 3 heterocycles. The van der Waals surface area contributed by atoms with Crippen LogP contribution < -0.4 is 10.6 Å². The Morgan fingerprint density at radius 3 is 3.13 bits per heavy atom. The van der Waals surface area contributed by atoms with Gasteiger partial charge in [0.1, 0.15) is 0 Å². The van der Waals surface area contributed by atoms with Crippen LogP contribution in [0.3, 0.4) is 0 Å². The highest BCUT2D eigenvalue weighted by atomic mass is 35.5. The quantitative estimate of drug-likeness (QED) is 0.777. The average molecular weight is 355 g/mol. The number of nitrogens with one attached hydrogen (secondary N) is 2. The maximum atomic E-state index is 11.9. The van der Waals surface area contributed by atoms with Crippen molar-refractivity contribution in [1.82, 2.24) is 20.8 Å². The van der Waals surface area contributed by atoms with E-state index < -0.39 is 0 Å². The zero-order valence-corrected chi connectivity index (χ0v) is 14.2. The Labute approximate surface area is 144 Å². The lowest BCUT2D eigenvalue weighted by Gasteiger charge is -2.14. The molecule has 2 aromatic rings. The fourth-order valence-electron chi connectivity index (χ4n) is 2.21. The molecule has 8 heteroatoms. The minimum atomic E-state index is 0. The molecular weight excluding hydrogens is 336 g/mol. The van der Waals surface area contributed by atoms with Gasteiger partial charge in [-0.2, -0.15) is 4.98 Å².